The van der Waals surface area contributed by atoms with Gasteiger partial charge in [0.1, 0.15) is 4.33 Å². The molecule has 1 heterocycles. The number of anilines is 1. The molecule has 21 heavy (non-hydrogen) atoms. The minimum absolute atomic E-state index is 0.0692. The molecule has 110 valence electrons. The highest BCUT2D eigenvalue weighted by atomic mass is 35.5. The zero-order valence-corrected chi connectivity index (χ0v) is 12.7. The Morgan fingerprint density at radius 2 is 2.19 bits per heavy atom. The number of carbonyl (C=O) groups is 1. The van der Waals surface area contributed by atoms with E-state index < -0.39 is 4.33 Å². The van der Waals surface area contributed by atoms with Crippen LogP contribution in [0.15, 0.2) is 18.2 Å². The number of rotatable bonds is 3. The van der Waals surface area contributed by atoms with Gasteiger partial charge in [0.05, 0.1) is 0 Å². The zero-order chi connectivity index (χ0) is 15.0. The number of H-pyrrole nitrogens is 1. The molecule has 1 aliphatic carbocycles. The lowest BCUT2D eigenvalue weighted by Gasteiger charge is -2.36. The van der Waals surface area contributed by atoms with Crippen molar-refractivity contribution >= 4 is 34.8 Å². The molecule has 1 aliphatic rings. The third-order valence-electron chi connectivity index (χ3n) is 3.56. The van der Waals surface area contributed by atoms with Gasteiger partial charge < -0.3 is 5.32 Å². The quantitative estimate of drug-likeness (QED) is 0.850. The van der Waals surface area contributed by atoms with E-state index in [9.17, 15) is 4.79 Å². The van der Waals surface area contributed by atoms with Gasteiger partial charge in [-0.15, -0.1) is 33.4 Å². The maximum atomic E-state index is 12.2. The summed E-state index contributed by atoms with van der Waals surface area (Å²) in [4.78, 5) is 12.2. The SMILES string of the molecule is Cc1ccc(-c2nn[nH]n2)cc1NC(=O)C1CC(Cl)(Cl)C1. The fourth-order valence-electron chi connectivity index (χ4n) is 2.26. The fourth-order valence-corrected chi connectivity index (χ4v) is 3.01. The van der Waals surface area contributed by atoms with Crippen LogP contribution >= 0.6 is 23.2 Å². The Morgan fingerprint density at radius 1 is 1.43 bits per heavy atom. The Kier molecular flexibility index (Phi) is 3.59. The Morgan fingerprint density at radius 3 is 2.81 bits per heavy atom. The maximum Gasteiger partial charge on any atom is 0.227 e. The van der Waals surface area contributed by atoms with Crippen LogP contribution in [0.1, 0.15) is 18.4 Å². The maximum absolute atomic E-state index is 12.2. The summed E-state index contributed by atoms with van der Waals surface area (Å²) in [6.45, 7) is 1.92. The predicted octanol–water partition coefficient (Wildman–Crippen LogP) is 2.70. The molecule has 0 aliphatic heterocycles. The molecule has 0 unspecified atom stereocenters. The summed E-state index contributed by atoms with van der Waals surface area (Å²) in [5.74, 6) is 0.267. The van der Waals surface area contributed by atoms with Gasteiger partial charge in [-0.3, -0.25) is 4.79 Å². The number of nitrogens with zero attached hydrogens (tertiary/aromatic N) is 3. The Labute approximate surface area is 131 Å². The molecule has 1 fully saturated rings. The highest BCUT2D eigenvalue weighted by Gasteiger charge is 2.44. The van der Waals surface area contributed by atoms with Gasteiger partial charge in [-0.1, -0.05) is 12.1 Å². The second-order valence-electron chi connectivity index (χ2n) is 5.22. The van der Waals surface area contributed by atoms with Gasteiger partial charge in [-0.2, -0.15) is 5.21 Å². The summed E-state index contributed by atoms with van der Waals surface area (Å²) < 4.78 is -0.760. The van der Waals surface area contributed by atoms with Gasteiger partial charge in [0.2, 0.25) is 11.7 Å². The molecule has 8 heteroatoms. The number of hydrogen-bond donors (Lipinski definition) is 2. The summed E-state index contributed by atoms with van der Waals surface area (Å²) in [5, 5.41) is 16.7. The number of halogens is 2. The molecule has 2 N–H and O–H groups in total. The number of nitrogens with one attached hydrogen (secondary N) is 2. The number of tetrazole rings is 1. The number of aromatic nitrogens is 4. The Balaban J connectivity index is 1.76. The van der Waals surface area contributed by atoms with Crippen LogP contribution in [0.2, 0.25) is 0 Å². The number of hydrogen-bond acceptors (Lipinski definition) is 4. The smallest absolute Gasteiger partial charge is 0.227 e. The van der Waals surface area contributed by atoms with Crippen LogP contribution < -0.4 is 5.32 Å². The van der Waals surface area contributed by atoms with E-state index in [1.54, 1.807) is 0 Å². The van der Waals surface area contributed by atoms with Crippen molar-refractivity contribution in [1.82, 2.24) is 20.6 Å². The minimum atomic E-state index is -0.760. The van der Waals surface area contributed by atoms with Crippen molar-refractivity contribution in [2.75, 3.05) is 5.32 Å². The monoisotopic (exact) mass is 325 g/mol. The van der Waals surface area contributed by atoms with Gasteiger partial charge in [-0.25, -0.2) is 0 Å². The van der Waals surface area contributed by atoms with E-state index in [-0.39, 0.29) is 11.8 Å². The average molecular weight is 326 g/mol. The first-order valence-electron chi connectivity index (χ1n) is 6.48. The summed E-state index contributed by atoms with van der Waals surface area (Å²) in [7, 11) is 0. The topological polar surface area (TPSA) is 83.6 Å². The Hall–Kier alpha value is -1.66. The van der Waals surface area contributed by atoms with Gasteiger partial charge in [0.25, 0.3) is 0 Å². The van der Waals surface area contributed by atoms with Crippen LogP contribution in [0.3, 0.4) is 0 Å². The number of alkyl halides is 2. The number of benzene rings is 1. The van der Waals surface area contributed by atoms with Crippen molar-refractivity contribution in [1.29, 1.82) is 0 Å². The van der Waals surface area contributed by atoms with Crippen LogP contribution in [0, 0.1) is 12.8 Å². The van der Waals surface area contributed by atoms with Crippen molar-refractivity contribution in [2.45, 2.75) is 24.1 Å². The molecule has 0 spiro atoms. The lowest BCUT2D eigenvalue weighted by molar-refractivity contribution is -0.122. The average Bonchev–Trinajstić information content (AvgIpc) is 2.92. The fraction of sp³-hybridized carbons (Fsp3) is 0.385. The number of aryl methyl sites for hydroxylation is 1. The molecule has 1 aromatic carbocycles. The van der Waals surface area contributed by atoms with Crippen molar-refractivity contribution in [2.24, 2.45) is 5.92 Å². The summed E-state index contributed by atoms with van der Waals surface area (Å²) >= 11 is 11.9. The van der Waals surface area contributed by atoms with Crippen molar-refractivity contribution in [3.63, 3.8) is 0 Å². The lowest BCUT2D eigenvalue weighted by atomic mass is 9.83. The number of aromatic amines is 1. The van der Waals surface area contributed by atoms with E-state index in [1.165, 1.54) is 0 Å². The molecule has 1 aromatic heterocycles. The van der Waals surface area contributed by atoms with Crippen LogP contribution in [-0.4, -0.2) is 30.9 Å². The molecular formula is C13H13Cl2N5O. The molecule has 0 radical (unpaired) electrons. The Bertz CT molecular complexity index is 663. The van der Waals surface area contributed by atoms with Crippen molar-refractivity contribution in [3.05, 3.63) is 23.8 Å². The van der Waals surface area contributed by atoms with E-state index in [2.05, 4.69) is 25.9 Å². The first-order chi connectivity index (χ1) is 9.94. The first-order valence-corrected chi connectivity index (χ1v) is 7.23. The van der Waals surface area contributed by atoms with E-state index in [0.717, 1.165) is 16.8 Å². The standard InChI is InChI=1S/C13H13Cl2N5O/c1-7-2-3-8(11-17-19-20-18-11)4-10(7)16-12(21)9-5-13(14,15)6-9/h2-4,9H,5-6H2,1H3,(H,16,21)(H,17,18,19,20). The van der Waals surface area contributed by atoms with E-state index in [0.29, 0.717) is 18.7 Å². The van der Waals surface area contributed by atoms with Gasteiger partial charge >= 0.3 is 0 Å². The molecule has 1 saturated carbocycles. The van der Waals surface area contributed by atoms with Crippen LogP contribution in [0.25, 0.3) is 11.4 Å². The van der Waals surface area contributed by atoms with Crippen LogP contribution in [-0.2, 0) is 4.79 Å². The highest BCUT2D eigenvalue weighted by Crippen LogP contribution is 2.46. The van der Waals surface area contributed by atoms with E-state index in [1.807, 2.05) is 25.1 Å². The molecule has 1 amide bonds. The third-order valence-corrected chi connectivity index (χ3v) is 4.18. The third kappa shape index (κ3) is 3.01. The number of carbonyl (C=O) groups excluding carboxylic acids is 1. The molecule has 6 nitrogen and oxygen atoms in total. The molecule has 3 rings (SSSR count). The zero-order valence-electron chi connectivity index (χ0n) is 11.2. The molecule has 2 aromatic rings. The van der Waals surface area contributed by atoms with Gasteiger partial charge in [0.15, 0.2) is 0 Å². The summed E-state index contributed by atoms with van der Waals surface area (Å²) in [6.07, 6.45) is 0.955. The normalized spacial score (nSPS) is 17.3. The summed E-state index contributed by atoms with van der Waals surface area (Å²) in [5.41, 5.74) is 2.46. The number of amides is 1. The van der Waals surface area contributed by atoms with Gasteiger partial charge in [-0.05, 0) is 36.6 Å². The first kappa shape index (κ1) is 14.3. The molecule has 0 atom stereocenters. The second kappa shape index (κ2) is 5.27. The molecular weight excluding hydrogens is 313 g/mol. The predicted molar refractivity (Wildman–Crippen MR) is 80.1 cm³/mol. The minimum Gasteiger partial charge on any atom is -0.326 e. The van der Waals surface area contributed by atoms with Crippen molar-refractivity contribution < 1.29 is 4.79 Å². The van der Waals surface area contributed by atoms with E-state index >= 15 is 0 Å². The van der Waals surface area contributed by atoms with Crippen molar-refractivity contribution in [3.8, 4) is 11.4 Å². The van der Waals surface area contributed by atoms with Gasteiger partial charge in [0, 0.05) is 17.2 Å². The van der Waals surface area contributed by atoms with Crippen LogP contribution in [0.4, 0.5) is 5.69 Å². The second-order valence-corrected chi connectivity index (χ2v) is 6.86. The molecule has 0 saturated heterocycles. The summed E-state index contributed by atoms with van der Waals surface area (Å²) in [6, 6.07) is 5.60. The largest absolute Gasteiger partial charge is 0.326 e. The highest BCUT2D eigenvalue weighted by molar-refractivity contribution is 6.49. The lowest BCUT2D eigenvalue weighted by Crippen LogP contribution is -2.41. The molecule has 0 bridgehead atoms. The van der Waals surface area contributed by atoms with Crippen LogP contribution in [0.5, 0.6) is 0 Å². The van der Waals surface area contributed by atoms with E-state index in [4.69, 9.17) is 23.2 Å².